The third-order valence-corrected chi connectivity index (χ3v) is 5.77. The summed E-state index contributed by atoms with van der Waals surface area (Å²) in [6, 6.07) is 2.29. The lowest BCUT2D eigenvalue weighted by atomic mass is 10.1. The highest BCUT2D eigenvalue weighted by Crippen LogP contribution is 2.21. The van der Waals surface area contributed by atoms with E-state index in [2.05, 4.69) is 18.4 Å². The maximum Gasteiger partial charge on any atom is 0.211 e. The number of aryl methyl sites for hydroxylation is 1. The van der Waals surface area contributed by atoms with E-state index in [0.29, 0.717) is 38.8 Å². The molecule has 0 unspecified atom stereocenters. The van der Waals surface area contributed by atoms with E-state index in [9.17, 15) is 13.2 Å². The molecule has 2 heterocycles. The number of carbonyl (C=O) groups is 1. The van der Waals surface area contributed by atoms with Crippen LogP contribution in [-0.4, -0.2) is 67.0 Å². The molecule has 130 valence electrons. The number of hydrogen-bond donors (Lipinski definition) is 0. The quantitative estimate of drug-likeness (QED) is 0.761. The van der Waals surface area contributed by atoms with Gasteiger partial charge in [-0.25, -0.2) is 8.42 Å². The van der Waals surface area contributed by atoms with Crippen LogP contribution in [0, 0.1) is 13.8 Å². The highest BCUT2D eigenvalue weighted by atomic mass is 32.2. The van der Waals surface area contributed by atoms with Crippen LogP contribution in [0.3, 0.4) is 0 Å². The molecular formula is C16H27N3O3S. The molecule has 0 radical (unpaired) electrons. The number of Topliss-reactive ketones (excluding diaryl/α,β-unsaturated/α-hetero) is 1. The maximum atomic E-state index is 12.6. The first kappa shape index (κ1) is 18.2. The highest BCUT2D eigenvalue weighted by molar-refractivity contribution is 7.88. The molecule has 0 amide bonds. The van der Waals surface area contributed by atoms with Crippen molar-refractivity contribution < 1.29 is 13.2 Å². The molecule has 7 heteroatoms. The molecule has 0 saturated carbocycles. The van der Waals surface area contributed by atoms with Crippen molar-refractivity contribution in [3.8, 4) is 0 Å². The van der Waals surface area contributed by atoms with E-state index in [1.807, 2.05) is 24.8 Å². The SMILES string of the molecule is Cc1cc(C(=O)CN2CCN(S(C)(=O)=O)CC2)c(C)n1C(C)C. The van der Waals surface area contributed by atoms with Crippen LogP contribution in [-0.2, 0) is 10.0 Å². The van der Waals surface area contributed by atoms with Crippen LogP contribution in [0.1, 0.15) is 41.6 Å². The molecule has 1 aromatic heterocycles. The van der Waals surface area contributed by atoms with Gasteiger partial charge >= 0.3 is 0 Å². The molecule has 0 aromatic carbocycles. The number of nitrogens with zero attached hydrogens (tertiary/aromatic N) is 3. The van der Waals surface area contributed by atoms with Gasteiger partial charge in [-0.2, -0.15) is 4.31 Å². The first-order chi connectivity index (χ1) is 10.6. The number of carbonyl (C=O) groups excluding carboxylic acids is 1. The van der Waals surface area contributed by atoms with Gasteiger partial charge in [0.15, 0.2) is 5.78 Å². The van der Waals surface area contributed by atoms with Crippen molar-refractivity contribution >= 4 is 15.8 Å². The predicted octanol–water partition coefficient (Wildman–Crippen LogP) is 1.45. The molecule has 1 fully saturated rings. The van der Waals surface area contributed by atoms with Crippen LogP contribution in [0.15, 0.2) is 6.07 Å². The van der Waals surface area contributed by atoms with Gasteiger partial charge in [0.2, 0.25) is 10.0 Å². The fourth-order valence-electron chi connectivity index (χ4n) is 3.36. The van der Waals surface area contributed by atoms with Crippen LogP contribution >= 0.6 is 0 Å². The average molecular weight is 341 g/mol. The van der Waals surface area contributed by atoms with E-state index in [1.165, 1.54) is 10.6 Å². The lowest BCUT2D eigenvalue weighted by molar-refractivity contribution is 0.0901. The Morgan fingerprint density at radius 2 is 1.74 bits per heavy atom. The predicted molar refractivity (Wildman–Crippen MR) is 91.5 cm³/mol. The second-order valence-electron chi connectivity index (χ2n) is 6.61. The number of ketones is 1. The molecular weight excluding hydrogens is 314 g/mol. The minimum atomic E-state index is -3.13. The van der Waals surface area contributed by atoms with E-state index in [1.54, 1.807) is 0 Å². The highest BCUT2D eigenvalue weighted by Gasteiger charge is 2.25. The minimum Gasteiger partial charge on any atom is -0.346 e. The van der Waals surface area contributed by atoms with Crippen molar-refractivity contribution in [2.75, 3.05) is 39.0 Å². The lowest BCUT2D eigenvalue weighted by Crippen LogP contribution is -2.49. The molecule has 1 saturated heterocycles. The van der Waals surface area contributed by atoms with Crippen molar-refractivity contribution in [2.24, 2.45) is 0 Å². The van der Waals surface area contributed by atoms with Crippen LogP contribution in [0.25, 0.3) is 0 Å². The molecule has 0 aliphatic carbocycles. The fourth-order valence-corrected chi connectivity index (χ4v) is 4.19. The van der Waals surface area contributed by atoms with Crippen molar-refractivity contribution in [3.63, 3.8) is 0 Å². The Morgan fingerprint density at radius 1 is 1.17 bits per heavy atom. The van der Waals surface area contributed by atoms with Crippen LogP contribution in [0.2, 0.25) is 0 Å². The van der Waals surface area contributed by atoms with Crippen molar-refractivity contribution in [3.05, 3.63) is 23.0 Å². The summed E-state index contributed by atoms with van der Waals surface area (Å²) in [7, 11) is -3.13. The number of sulfonamides is 1. The summed E-state index contributed by atoms with van der Waals surface area (Å²) in [6.45, 7) is 10.7. The molecule has 0 spiro atoms. The third-order valence-electron chi connectivity index (χ3n) is 4.47. The van der Waals surface area contributed by atoms with Crippen LogP contribution in [0.5, 0.6) is 0 Å². The Kier molecular flexibility index (Phi) is 5.33. The lowest BCUT2D eigenvalue weighted by Gasteiger charge is -2.32. The molecule has 1 aromatic rings. The summed E-state index contributed by atoms with van der Waals surface area (Å²) in [5, 5.41) is 0. The van der Waals surface area contributed by atoms with E-state index < -0.39 is 10.0 Å². The van der Waals surface area contributed by atoms with Crippen LogP contribution in [0.4, 0.5) is 0 Å². The largest absolute Gasteiger partial charge is 0.346 e. The first-order valence-electron chi connectivity index (χ1n) is 8.00. The second-order valence-corrected chi connectivity index (χ2v) is 8.59. The fraction of sp³-hybridized carbons (Fsp3) is 0.688. The van der Waals surface area contributed by atoms with E-state index in [4.69, 9.17) is 0 Å². The number of rotatable bonds is 5. The molecule has 2 rings (SSSR count). The standard InChI is InChI=1S/C16H27N3O3S/c1-12(2)19-13(3)10-15(14(19)4)16(20)11-17-6-8-18(9-7-17)23(5,21)22/h10,12H,6-9,11H2,1-5H3. The smallest absolute Gasteiger partial charge is 0.211 e. The Morgan fingerprint density at radius 3 is 2.17 bits per heavy atom. The zero-order valence-corrected chi connectivity index (χ0v) is 15.5. The van der Waals surface area contributed by atoms with E-state index >= 15 is 0 Å². The Hall–Kier alpha value is -1.18. The number of piperazine rings is 1. The molecule has 0 bridgehead atoms. The van der Waals surface area contributed by atoms with Gasteiger partial charge in [0, 0.05) is 49.2 Å². The summed E-state index contributed by atoms with van der Waals surface area (Å²) in [5.74, 6) is 0.109. The molecule has 6 nitrogen and oxygen atoms in total. The summed E-state index contributed by atoms with van der Waals surface area (Å²) in [5.41, 5.74) is 2.89. The topological polar surface area (TPSA) is 62.6 Å². The second kappa shape index (κ2) is 6.75. The van der Waals surface area contributed by atoms with Gasteiger partial charge in [0.25, 0.3) is 0 Å². The first-order valence-corrected chi connectivity index (χ1v) is 9.85. The molecule has 1 aliphatic heterocycles. The molecule has 1 aliphatic rings. The van der Waals surface area contributed by atoms with Gasteiger partial charge in [0.1, 0.15) is 0 Å². The van der Waals surface area contributed by atoms with Gasteiger partial charge in [0.05, 0.1) is 12.8 Å². The van der Waals surface area contributed by atoms with E-state index in [0.717, 1.165) is 17.0 Å². The summed E-state index contributed by atoms with van der Waals surface area (Å²) < 4.78 is 26.7. The van der Waals surface area contributed by atoms with Gasteiger partial charge in [-0.1, -0.05) is 0 Å². The van der Waals surface area contributed by atoms with Gasteiger partial charge in [-0.05, 0) is 33.8 Å². The Bertz CT molecular complexity index is 684. The molecule has 23 heavy (non-hydrogen) atoms. The van der Waals surface area contributed by atoms with E-state index in [-0.39, 0.29) is 5.78 Å². The van der Waals surface area contributed by atoms with Crippen molar-refractivity contribution in [1.82, 2.24) is 13.8 Å². The zero-order chi connectivity index (χ0) is 17.4. The van der Waals surface area contributed by atoms with Crippen LogP contribution < -0.4 is 0 Å². The van der Waals surface area contributed by atoms with Crippen molar-refractivity contribution in [2.45, 2.75) is 33.7 Å². The zero-order valence-electron chi connectivity index (χ0n) is 14.7. The number of aromatic nitrogens is 1. The Balaban J connectivity index is 2.03. The van der Waals surface area contributed by atoms with Gasteiger partial charge in [-0.3, -0.25) is 9.69 Å². The minimum absolute atomic E-state index is 0.109. The van der Waals surface area contributed by atoms with Gasteiger partial charge < -0.3 is 4.57 Å². The Labute approximate surface area is 139 Å². The summed E-state index contributed by atoms with van der Waals surface area (Å²) in [4.78, 5) is 14.6. The summed E-state index contributed by atoms with van der Waals surface area (Å²) >= 11 is 0. The normalized spacial score (nSPS) is 17.8. The number of hydrogen-bond acceptors (Lipinski definition) is 4. The third kappa shape index (κ3) is 4.02. The average Bonchev–Trinajstić information content (AvgIpc) is 2.73. The monoisotopic (exact) mass is 341 g/mol. The molecule has 0 N–H and O–H groups in total. The summed E-state index contributed by atoms with van der Waals surface area (Å²) in [6.07, 6.45) is 1.23. The van der Waals surface area contributed by atoms with Crippen molar-refractivity contribution in [1.29, 1.82) is 0 Å². The maximum absolute atomic E-state index is 12.6. The molecule has 0 atom stereocenters. The van der Waals surface area contributed by atoms with Gasteiger partial charge in [-0.15, -0.1) is 0 Å².